The first kappa shape index (κ1) is 11.5. The molecule has 1 aliphatic carbocycles. The first-order chi connectivity index (χ1) is 8.81. The molecule has 0 heterocycles. The number of benzene rings is 2. The van der Waals surface area contributed by atoms with Gasteiger partial charge in [-0.15, -0.1) is 0 Å². The zero-order valence-corrected chi connectivity index (χ0v) is 11.0. The molecule has 0 unspecified atom stereocenters. The Hall–Kier alpha value is -1.56. The second-order valence-corrected chi connectivity index (χ2v) is 5.64. The molecule has 0 fully saturated rings. The third-order valence-corrected chi connectivity index (χ3v) is 4.42. The van der Waals surface area contributed by atoms with Gasteiger partial charge >= 0.3 is 0 Å². The summed E-state index contributed by atoms with van der Waals surface area (Å²) in [6.45, 7) is 2.34. The maximum absolute atomic E-state index is 2.34. The lowest BCUT2D eigenvalue weighted by atomic mass is 9.77. The van der Waals surface area contributed by atoms with E-state index in [0.717, 1.165) is 0 Å². The standard InChI is InChI=1S/C18H20/c1-2-18(12-15-8-4-3-5-9-15)13-16-10-6-7-11-17(16)14-18/h3-11H,2,12-14H2,1H3. The van der Waals surface area contributed by atoms with Gasteiger partial charge in [0.25, 0.3) is 0 Å². The molecule has 18 heavy (non-hydrogen) atoms. The van der Waals surface area contributed by atoms with Gasteiger partial charge < -0.3 is 0 Å². The maximum Gasteiger partial charge on any atom is -0.0179 e. The van der Waals surface area contributed by atoms with Crippen LogP contribution in [0.4, 0.5) is 0 Å². The molecule has 0 aliphatic heterocycles. The van der Waals surface area contributed by atoms with Gasteiger partial charge in [-0.25, -0.2) is 0 Å². The Morgan fingerprint density at radius 1 is 0.833 bits per heavy atom. The highest BCUT2D eigenvalue weighted by molar-refractivity contribution is 5.35. The number of rotatable bonds is 3. The lowest BCUT2D eigenvalue weighted by molar-refractivity contribution is 0.290. The Kier molecular flexibility index (Phi) is 2.95. The first-order valence-electron chi connectivity index (χ1n) is 6.92. The predicted octanol–water partition coefficient (Wildman–Crippen LogP) is 4.42. The summed E-state index contributed by atoms with van der Waals surface area (Å²) in [7, 11) is 0. The second kappa shape index (κ2) is 4.61. The topological polar surface area (TPSA) is 0 Å². The molecular weight excluding hydrogens is 216 g/mol. The summed E-state index contributed by atoms with van der Waals surface area (Å²) in [4.78, 5) is 0. The minimum atomic E-state index is 0.449. The van der Waals surface area contributed by atoms with E-state index in [4.69, 9.17) is 0 Å². The number of hydrogen-bond acceptors (Lipinski definition) is 0. The molecule has 0 amide bonds. The Morgan fingerprint density at radius 3 is 1.94 bits per heavy atom. The van der Waals surface area contributed by atoms with E-state index in [2.05, 4.69) is 61.5 Å². The van der Waals surface area contributed by atoms with Crippen molar-refractivity contribution in [2.24, 2.45) is 5.41 Å². The van der Waals surface area contributed by atoms with E-state index >= 15 is 0 Å². The van der Waals surface area contributed by atoms with E-state index in [0.29, 0.717) is 5.41 Å². The van der Waals surface area contributed by atoms with Crippen LogP contribution in [0.1, 0.15) is 30.0 Å². The van der Waals surface area contributed by atoms with Gasteiger partial charge in [-0.05, 0) is 47.8 Å². The van der Waals surface area contributed by atoms with Crippen LogP contribution in [0.2, 0.25) is 0 Å². The van der Waals surface area contributed by atoms with Crippen LogP contribution in [0.25, 0.3) is 0 Å². The zero-order chi connectivity index (χ0) is 12.4. The second-order valence-electron chi connectivity index (χ2n) is 5.64. The molecule has 0 N–H and O–H groups in total. The van der Waals surface area contributed by atoms with E-state index in [1.807, 2.05) is 0 Å². The van der Waals surface area contributed by atoms with Crippen molar-refractivity contribution in [2.75, 3.05) is 0 Å². The summed E-state index contributed by atoms with van der Waals surface area (Å²) in [5, 5.41) is 0. The molecule has 2 aromatic carbocycles. The maximum atomic E-state index is 2.34. The Bertz CT molecular complexity index is 500. The van der Waals surface area contributed by atoms with Crippen molar-refractivity contribution < 1.29 is 0 Å². The Balaban J connectivity index is 1.86. The lowest BCUT2D eigenvalue weighted by Crippen LogP contribution is -2.23. The van der Waals surface area contributed by atoms with Gasteiger partial charge in [0.15, 0.2) is 0 Å². The van der Waals surface area contributed by atoms with Gasteiger partial charge in [-0.3, -0.25) is 0 Å². The molecule has 0 heteroatoms. The van der Waals surface area contributed by atoms with Crippen molar-refractivity contribution in [1.82, 2.24) is 0 Å². The smallest absolute Gasteiger partial charge is 0.0179 e. The van der Waals surface area contributed by atoms with Crippen LogP contribution in [0.3, 0.4) is 0 Å². The number of fused-ring (bicyclic) bond motifs is 1. The van der Waals surface area contributed by atoms with Crippen LogP contribution in [-0.4, -0.2) is 0 Å². The molecule has 92 valence electrons. The fraction of sp³-hybridized carbons (Fsp3) is 0.333. The van der Waals surface area contributed by atoms with Crippen LogP contribution in [0, 0.1) is 5.41 Å². The van der Waals surface area contributed by atoms with Crippen LogP contribution in [0.15, 0.2) is 54.6 Å². The summed E-state index contributed by atoms with van der Waals surface area (Å²) in [6.07, 6.45) is 4.96. The highest BCUT2D eigenvalue weighted by Gasteiger charge is 2.35. The summed E-state index contributed by atoms with van der Waals surface area (Å²) in [5.41, 5.74) is 5.06. The first-order valence-corrected chi connectivity index (χ1v) is 6.92. The van der Waals surface area contributed by atoms with Crippen molar-refractivity contribution in [3.05, 3.63) is 71.3 Å². The van der Waals surface area contributed by atoms with E-state index < -0.39 is 0 Å². The third kappa shape index (κ3) is 2.08. The van der Waals surface area contributed by atoms with Crippen LogP contribution in [-0.2, 0) is 19.3 Å². The monoisotopic (exact) mass is 236 g/mol. The lowest BCUT2D eigenvalue weighted by Gasteiger charge is -2.27. The van der Waals surface area contributed by atoms with E-state index in [1.165, 1.54) is 31.2 Å². The summed E-state index contributed by atoms with van der Waals surface area (Å²) >= 11 is 0. The van der Waals surface area contributed by atoms with Crippen molar-refractivity contribution in [3.63, 3.8) is 0 Å². The summed E-state index contributed by atoms with van der Waals surface area (Å²) in [6, 6.07) is 19.9. The fourth-order valence-corrected chi connectivity index (χ4v) is 3.30. The average molecular weight is 236 g/mol. The predicted molar refractivity (Wildman–Crippen MR) is 76.7 cm³/mol. The van der Waals surface area contributed by atoms with Gasteiger partial charge in [0.2, 0.25) is 0 Å². The van der Waals surface area contributed by atoms with Gasteiger partial charge in [0.05, 0.1) is 0 Å². The number of hydrogen-bond donors (Lipinski definition) is 0. The molecule has 1 aliphatic rings. The third-order valence-electron chi connectivity index (χ3n) is 4.42. The van der Waals surface area contributed by atoms with Gasteiger partial charge in [0, 0.05) is 0 Å². The van der Waals surface area contributed by atoms with Gasteiger partial charge in [-0.2, -0.15) is 0 Å². The molecule has 3 rings (SSSR count). The fourth-order valence-electron chi connectivity index (χ4n) is 3.30. The van der Waals surface area contributed by atoms with Crippen molar-refractivity contribution >= 4 is 0 Å². The molecular formula is C18H20. The van der Waals surface area contributed by atoms with Crippen molar-refractivity contribution in [2.45, 2.75) is 32.6 Å². The highest BCUT2D eigenvalue weighted by Crippen LogP contribution is 2.42. The zero-order valence-electron chi connectivity index (χ0n) is 11.0. The summed E-state index contributed by atoms with van der Waals surface area (Å²) < 4.78 is 0. The van der Waals surface area contributed by atoms with Crippen LogP contribution in [0.5, 0.6) is 0 Å². The highest BCUT2D eigenvalue weighted by atomic mass is 14.4. The Morgan fingerprint density at radius 2 is 1.39 bits per heavy atom. The van der Waals surface area contributed by atoms with Crippen molar-refractivity contribution in [1.29, 1.82) is 0 Å². The Labute approximate surface area is 110 Å². The van der Waals surface area contributed by atoms with E-state index in [1.54, 1.807) is 11.1 Å². The van der Waals surface area contributed by atoms with E-state index in [-0.39, 0.29) is 0 Å². The summed E-state index contributed by atoms with van der Waals surface area (Å²) in [5.74, 6) is 0. The molecule has 2 aromatic rings. The van der Waals surface area contributed by atoms with Crippen LogP contribution < -0.4 is 0 Å². The molecule has 0 atom stereocenters. The molecule has 0 saturated heterocycles. The SMILES string of the molecule is CCC1(Cc2ccccc2)Cc2ccccc2C1. The van der Waals surface area contributed by atoms with Gasteiger partial charge in [0.1, 0.15) is 0 Å². The quantitative estimate of drug-likeness (QED) is 0.740. The average Bonchev–Trinajstić information content (AvgIpc) is 2.78. The molecule has 0 radical (unpaired) electrons. The largest absolute Gasteiger partial charge is 0.0648 e. The normalized spacial score (nSPS) is 16.5. The van der Waals surface area contributed by atoms with E-state index in [9.17, 15) is 0 Å². The molecule has 0 nitrogen and oxygen atoms in total. The molecule has 0 bridgehead atoms. The molecule has 0 aromatic heterocycles. The minimum absolute atomic E-state index is 0.449. The molecule has 0 spiro atoms. The van der Waals surface area contributed by atoms with Gasteiger partial charge in [-0.1, -0.05) is 61.5 Å². The minimum Gasteiger partial charge on any atom is -0.0648 e. The van der Waals surface area contributed by atoms with Crippen LogP contribution >= 0.6 is 0 Å². The molecule has 0 saturated carbocycles. The van der Waals surface area contributed by atoms with Crippen molar-refractivity contribution in [3.8, 4) is 0 Å².